The highest BCUT2D eigenvalue weighted by molar-refractivity contribution is 14.1. The van der Waals surface area contributed by atoms with Crippen molar-refractivity contribution in [3.63, 3.8) is 0 Å². The lowest BCUT2D eigenvalue weighted by Gasteiger charge is -2.31. The molecule has 280 valence electrons. The monoisotopic (exact) mass is 852 g/mol. The van der Waals surface area contributed by atoms with E-state index in [9.17, 15) is 28.8 Å². The Balaban J connectivity index is 1.75. The molecule has 3 amide bonds. The zero-order valence-electron chi connectivity index (χ0n) is 29.3. The topological polar surface area (TPSA) is 198 Å². The average Bonchev–Trinajstić information content (AvgIpc) is 3.56. The molecule has 4 atom stereocenters. The number of rotatable bonds is 19. The van der Waals surface area contributed by atoms with E-state index in [1.54, 1.807) is 49.4 Å². The van der Waals surface area contributed by atoms with Crippen LogP contribution in [0.1, 0.15) is 39.7 Å². The Kier molecular flexibility index (Phi) is 16.6. The maximum absolute atomic E-state index is 14.1. The number of carbonyl (C=O) groups is 6. The molecular weight excluding hydrogens is 811 g/mol. The third-order valence-corrected chi connectivity index (χ3v) is 9.68. The van der Waals surface area contributed by atoms with E-state index in [2.05, 4.69) is 20.9 Å². The molecule has 52 heavy (non-hydrogen) atoms. The fraction of sp³-hybridized carbons (Fsp3) is 0.400. The van der Waals surface area contributed by atoms with Crippen molar-refractivity contribution >= 4 is 69.6 Å². The largest absolute Gasteiger partial charge is 0.509 e. The van der Waals surface area contributed by atoms with E-state index in [0.29, 0.717) is 26.8 Å². The highest BCUT2D eigenvalue weighted by Gasteiger charge is 2.42. The Morgan fingerprint density at radius 1 is 0.846 bits per heavy atom. The van der Waals surface area contributed by atoms with Crippen molar-refractivity contribution in [1.82, 2.24) is 20.9 Å². The lowest BCUT2D eigenvalue weighted by atomic mass is 9.92. The second kappa shape index (κ2) is 20.5. The Morgan fingerprint density at radius 3 is 1.98 bits per heavy atom. The van der Waals surface area contributed by atoms with Crippen molar-refractivity contribution < 1.29 is 52.5 Å². The third-order valence-electron chi connectivity index (χ3n) is 7.31. The van der Waals surface area contributed by atoms with Gasteiger partial charge in [0.1, 0.15) is 29.3 Å². The van der Waals surface area contributed by atoms with Crippen molar-refractivity contribution in [1.29, 1.82) is 0 Å². The molecule has 1 aromatic heterocycles. The predicted molar refractivity (Wildman–Crippen MR) is 197 cm³/mol. The summed E-state index contributed by atoms with van der Waals surface area (Å²) in [5, 5.41) is 8.54. The van der Waals surface area contributed by atoms with Crippen LogP contribution >= 0.6 is 33.9 Å². The van der Waals surface area contributed by atoms with E-state index in [1.165, 1.54) is 46.4 Å². The van der Waals surface area contributed by atoms with Gasteiger partial charge >= 0.3 is 12.1 Å². The number of nitrogens with zero attached hydrogens (tertiary/aromatic N) is 1. The normalized spacial score (nSPS) is 13.7. The summed E-state index contributed by atoms with van der Waals surface area (Å²) in [6.45, 7) is 3.76. The summed E-state index contributed by atoms with van der Waals surface area (Å²) < 4.78 is 26.2. The van der Waals surface area contributed by atoms with Gasteiger partial charge in [0, 0.05) is 25.6 Å². The molecule has 1 heterocycles. The number of methoxy groups -OCH3 is 2. The van der Waals surface area contributed by atoms with Crippen LogP contribution in [0.25, 0.3) is 0 Å². The predicted octanol–water partition coefficient (Wildman–Crippen LogP) is 3.10. The number of nitrogens with one attached hydrogen (secondary N) is 3. The number of Topliss-reactive ketones (excluding diaryl/α,β-unsaturated/α-hetero) is 1. The number of benzene rings is 2. The van der Waals surface area contributed by atoms with E-state index in [-0.39, 0.29) is 30.7 Å². The van der Waals surface area contributed by atoms with Gasteiger partial charge in [0.2, 0.25) is 11.8 Å². The second-order valence-corrected chi connectivity index (χ2v) is 13.6. The number of thiazole rings is 1. The summed E-state index contributed by atoms with van der Waals surface area (Å²) in [5.41, 5.74) is -0.473. The second-order valence-electron chi connectivity index (χ2n) is 11.6. The van der Waals surface area contributed by atoms with Gasteiger partial charge in [-0.3, -0.25) is 24.0 Å². The van der Waals surface area contributed by atoms with Gasteiger partial charge < -0.3 is 39.6 Å². The van der Waals surface area contributed by atoms with Crippen molar-refractivity contribution in [2.24, 2.45) is 0 Å². The van der Waals surface area contributed by atoms with Gasteiger partial charge in [-0.2, -0.15) is 0 Å². The van der Waals surface area contributed by atoms with Crippen LogP contribution in [0.15, 0.2) is 60.8 Å². The molecule has 17 heteroatoms. The van der Waals surface area contributed by atoms with E-state index in [4.69, 9.17) is 23.7 Å². The minimum atomic E-state index is -1.74. The molecule has 2 aromatic carbocycles. The van der Waals surface area contributed by atoms with Gasteiger partial charge in [0.05, 0.1) is 30.5 Å². The summed E-state index contributed by atoms with van der Waals surface area (Å²) in [6, 6.07) is 11.5. The number of aromatic nitrogens is 1. The van der Waals surface area contributed by atoms with Crippen LogP contribution in [0.4, 0.5) is 4.79 Å². The van der Waals surface area contributed by atoms with Gasteiger partial charge in [-0.1, -0.05) is 65.1 Å². The molecule has 3 aromatic rings. The molecule has 3 rings (SSSR count). The molecule has 0 saturated carbocycles. The first-order valence-electron chi connectivity index (χ1n) is 15.9. The van der Waals surface area contributed by atoms with Crippen LogP contribution in [0.3, 0.4) is 0 Å². The molecule has 3 N–H and O–H groups in total. The van der Waals surface area contributed by atoms with E-state index in [1.807, 2.05) is 22.6 Å². The number of ether oxygens (including phenoxy) is 5. The number of carbonyl (C=O) groups excluding carboxylic acids is 6. The third kappa shape index (κ3) is 12.9. The SMILES string of the molecule is COC[C@H](NC(=O)c1cnc(C)s1)C(=O)N[C@@H](COC)C(=O)NC(Cc1ccccc1)C(=O)[C@@](C)(CI)OC(=O)OCc1ccc(OC(C)=O)cc1. The van der Waals surface area contributed by atoms with Crippen molar-refractivity contribution in [2.75, 3.05) is 31.9 Å². The molecule has 0 radical (unpaired) electrons. The molecule has 1 unspecified atom stereocenters. The minimum absolute atomic E-state index is 0.00680. The van der Waals surface area contributed by atoms with Gasteiger partial charge in [-0.25, -0.2) is 9.78 Å². The van der Waals surface area contributed by atoms with Crippen molar-refractivity contribution in [3.05, 3.63) is 81.8 Å². The van der Waals surface area contributed by atoms with Crippen LogP contribution < -0.4 is 20.7 Å². The van der Waals surface area contributed by atoms with Gasteiger partial charge in [0.15, 0.2) is 11.4 Å². The molecular formula is C35H41IN4O11S. The molecule has 15 nitrogen and oxygen atoms in total. The Labute approximate surface area is 318 Å². The molecule has 0 spiro atoms. The molecule has 0 aliphatic heterocycles. The summed E-state index contributed by atoms with van der Waals surface area (Å²) in [7, 11) is 2.69. The average molecular weight is 853 g/mol. The van der Waals surface area contributed by atoms with Crippen LogP contribution in [-0.2, 0) is 51.2 Å². The number of alkyl halides is 1. The molecule has 0 aliphatic rings. The van der Waals surface area contributed by atoms with Crippen molar-refractivity contribution in [2.45, 2.75) is 57.5 Å². The number of hydrogen-bond donors (Lipinski definition) is 3. The maximum atomic E-state index is 14.1. The smallest absolute Gasteiger partial charge is 0.429 e. The zero-order chi connectivity index (χ0) is 38.3. The fourth-order valence-electron chi connectivity index (χ4n) is 4.69. The van der Waals surface area contributed by atoms with Crippen LogP contribution in [0, 0.1) is 6.92 Å². The standard InChI is InChI=1S/C35H41IN4O11S/c1-21-37-16-29(52-21)33(45)40-28(19-48-5)32(44)39-27(18-47-4)31(43)38-26(15-23-9-7-6-8-10-23)30(42)35(3,20-36)51-34(46)49-17-24-11-13-25(14-12-24)50-22(2)41/h6-14,16,26-28H,15,17-20H2,1-5H3,(H,38,43)(H,39,44)(H,40,45)/t26?,27-,28-,35+/m0/s1. The highest BCUT2D eigenvalue weighted by Crippen LogP contribution is 2.22. The van der Waals surface area contributed by atoms with E-state index >= 15 is 0 Å². The summed E-state index contributed by atoms with van der Waals surface area (Å²) in [5.74, 6) is -2.82. The summed E-state index contributed by atoms with van der Waals surface area (Å²) in [4.78, 5) is 82.3. The van der Waals surface area contributed by atoms with Gasteiger partial charge in [-0.05, 0) is 43.5 Å². The quantitative estimate of drug-likeness (QED) is 0.0691. The minimum Gasteiger partial charge on any atom is -0.429 e. The number of halogens is 1. The number of hydrogen-bond acceptors (Lipinski definition) is 13. The summed E-state index contributed by atoms with van der Waals surface area (Å²) in [6.07, 6.45) is 0.294. The number of aryl methyl sites for hydroxylation is 1. The number of esters is 1. The lowest BCUT2D eigenvalue weighted by molar-refractivity contribution is -0.141. The maximum Gasteiger partial charge on any atom is 0.509 e. The molecule has 0 fully saturated rings. The Morgan fingerprint density at radius 2 is 1.44 bits per heavy atom. The van der Waals surface area contributed by atoms with E-state index in [0.717, 1.165) is 11.3 Å². The number of ketones is 1. The lowest BCUT2D eigenvalue weighted by Crippen LogP contribution is -2.60. The Hall–Kier alpha value is -4.46. The summed E-state index contributed by atoms with van der Waals surface area (Å²) >= 11 is 3.05. The first-order valence-corrected chi connectivity index (χ1v) is 18.2. The zero-order valence-corrected chi connectivity index (χ0v) is 32.2. The molecule has 0 saturated heterocycles. The van der Waals surface area contributed by atoms with Gasteiger partial charge in [-0.15, -0.1) is 11.3 Å². The van der Waals surface area contributed by atoms with Crippen LogP contribution in [-0.4, -0.2) is 96.2 Å². The Bertz CT molecular complexity index is 1690. The van der Waals surface area contributed by atoms with Crippen LogP contribution in [0.5, 0.6) is 5.75 Å². The van der Waals surface area contributed by atoms with Gasteiger partial charge in [0.25, 0.3) is 5.91 Å². The van der Waals surface area contributed by atoms with E-state index < -0.39 is 59.4 Å². The first-order chi connectivity index (χ1) is 24.8. The molecule has 0 bridgehead atoms. The van der Waals surface area contributed by atoms with Crippen LogP contribution in [0.2, 0.25) is 0 Å². The number of amides is 3. The highest BCUT2D eigenvalue weighted by atomic mass is 127. The first kappa shape index (κ1) is 42.0. The van der Waals surface area contributed by atoms with Crippen molar-refractivity contribution in [3.8, 4) is 5.75 Å². The fourth-order valence-corrected chi connectivity index (χ4v) is 5.90. The molecule has 0 aliphatic carbocycles.